The molecule has 4 aromatic rings. The summed E-state index contributed by atoms with van der Waals surface area (Å²) in [7, 11) is 0. The zero-order valence-corrected chi connectivity index (χ0v) is 17.0. The number of benzene rings is 3. The van der Waals surface area contributed by atoms with Crippen LogP contribution in [0.4, 0.5) is 0 Å². The highest BCUT2D eigenvalue weighted by Gasteiger charge is 2.23. The van der Waals surface area contributed by atoms with Crippen molar-refractivity contribution in [1.29, 1.82) is 0 Å². The van der Waals surface area contributed by atoms with E-state index in [9.17, 15) is 4.79 Å². The smallest absolute Gasteiger partial charge is 0.251 e. The van der Waals surface area contributed by atoms with E-state index in [4.69, 9.17) is 23.2 Å². The molecule has 144 valence electrons. The molecule has 1 heterocycles. The van der Waals surface area contributed by atoms with Gasteiger partial charge in [0.05, 0.1) is 16.2 Å². The van der Waals surface area contributed by atoms with Crippen LogP contribution in [-0.4, -0.2) is 16.5 Å². The Bertz CT molecular complexity index is 1240. The lowest BCUT2D eigenvalue weighted by atomic mass is 10.0. The lowest BCUT2D eigenvalue weighted by molar-refractivity contribution is 0.0951. The Morgan fingerprint density at radius 2 is 1.76 bits per heavy atom. The molecule has 0 radical (unpaired) electrons. The largest absolute Gasteiger partial charge is 0.349 e. The summed E-state index contributed by atoms with van der Waals surface area (Å²) in [4.78, 5) is 12.4. The molecule has 1 aromatic heterocycles. The molecule has 1 aliphatic carbocycles. The first-order chi connectivity index (χ1) is 14.1. The van der Waals surface area contributed by atoms with Crippen molar-refractivity contribution in [3.8, 4) is 16.8 Å². The van der Waals surface area contributed by atoms with E-state index in [1.165, 1.54) is 0 Å². The molecule has 0 atom stereocenters. The van der Waals surface area contributed by atoms with Gasteiger partial charge in [-0.3, -0.25) is 4.79 Å². The van der Waals surface area contributed by atoms with Gasteiger partial charge in [0.25, 0.3) is 5.91 Å². The van der Waals surface area contributed by atoms with Gasteiger partial charge in [0.1, 0.15) is 0 Å². The van der Waals surface area contributed by atoms with Gasteiger partial charge in [-0.1, -0.05) is 47.5 Å². The highest BCUT2D eigenvalue weighted by Crippen LogP contribution is 2.31. The number of nitrogens with one attached hydrogen (secondary N) is 1. The number of aromatic nitrogens is 1. The van der Waals surface area contributed by atoms with Crippen molar-refractivity contribution >= 4 is 40.0 Å². The van der Waals surface area contributed by atoms with Crippen LogP contribution in [-0.2, 0) is 0 Å². The number of hydrogen-bond donors (Lipinski definition) is 1. The molecule has 5 rings (SSSR count). The van der Waals surface area contributed by atoms with Gasteiger partial charge >= 0.3 is 0 Å². The summed E-state index contributed by atoms with van der Waals surface area (Å²) in [6.07, 6.45) is 4.15. The third-order valence-corrected chi connectivity index (χ3v) is 5.77. The maximum atomic E-state index is 12.4. The third kappa shape index (κ3) is 3.64. The zero-order chi connectivity index (χ0) is 20.0. The van der Waals surface area contributed by atoms with E-state index in [1.54, 1.807) is 6.07 Å². The topological polar surface area (TPSA) is 34.0 Å². The second-order valence-corrected chi connectivity index (χ2v) is 8.23. The number of carbonyl (C=O) groups is 1. The van der Waals surface area contributed by atoms with Crippen molar-refractivity contribution in [1.82, 2.24) is 9.88 Å². The van der Waals surface area contributed by atoms with Crippen LogP contribution in [0.5, 0.6) is 0 Å². The van der Waals surface area contributed by atoms with Gasteiger partial charge in [0.2, 0.25) is 0 Å². The molecule has 0 spiro atoms. The minimum absolute atomic E-state index is 0.00764. The minimum Gasteiger partial charge on any atom is -0.349 e. The Labute approximate surface area is 178 Å². The Morgan fingerprint density at radius 3 is 2.55 bits per heavy atom. The predicted octanol–water partition coefficient (Wildman–Crippen LogP) is 6.50. The summed E-state index contributed by atoms with van der Waals surface area (Å²) >= 11 is 12.5. The fourth-order valence-corrected chi connectivity index (χ4v) is 4.03. The molecule has 0 aliphatic heterocycles. The Kier molecular flexibility index (Phi) is 4.57. The van der Waals surface area contributed by atoms with Gasteiger partial charge < -0.3 is 9.88 Å². The molecule has 1 amide bonds. The maximum Gasteiger partial charge on any atom is 0.251 e. The Morgan fingerprint density at radius 1 is 0.931 bits per heavy atom. The quantitative estimate of drug-likeness (QED) is 0.401. The van der Waals surface area contributed by atoms with Gasteiger partial charge in [-0.2, -0.15) is 0 Å². The lowest BCUT2D eigenvalue weighted by Gasteiger charge is -2.10. The zero-order valence-electron chi connectivity index (χ0n) is 15.5. The third-order valence-electron chi connectivity index (χ3n) is 5.23. The Balaban J connectivity index is 1.55. The number of fused-ring (bicyclic) bond motifs is 1. The summed E-state index contributed by atoms with van der Waals surface area (Å²) in [5.74, 6) is -0.00764. The second-order valence-electron chi connectivity index (χ2n) is 7.38. The predicted molar refractivity (Wildman–Crippen MR) is 119 cm³/mol. The second kappa shape index (κ2) is 7.25. The molecule has 0 bridgehead atoms. The highest BCUT2D eigenvalue weighted by atomic mass is 35.5. The van der Waals surface area contributed by atoms with Crippen LogP contribution in [0.2, 0.25) is 10.0 Å². The van der Waals surface area contributed by atoms with Crippen LogP contribution in [0.25, 0.3) is 27.7 Å². The summed E-state index contributed by atoms with van der Waals surface area (Å²) < 4.78 is 2.06. The number of carbonyl (C=O) groups excluding carboxylic acids is 1. The van der Waals surface area contributed by atoms with Crippen LogP contribution in [0.1, 0.15) is 23.2 Å². The number of rotatable bonds is 4. The van der Waals surface area contributed by atoms with E-state index in [0.29, 0.717) is 21.7 Å². The average molecular weight is 421 g/mol. The maximum absolute atomic E-state index is 12.4. The molecule has 1 fully saturated rings. The van der Waals surface area contributed by atoms with Gasteiger partial charge in [-0.05, 0) is 71.8 Å². The first-order valence-corrected chi connectivity index (χ1v) is 10.3. The van der Waals surface area contributed by atoms with E-state index in [-0.39, 0.29) is 5.91 Å². The number of nitrogens with zero attached hydrogens (tertiary/aromatic N) is 1. The van der Waals surface area contributed by atoms with E-state index in [2.05, 4.69) is 34.1 Å². The van der Waals surface area contributed by atoms with Crippen molar-refractivity contribution in [2.75, 3.05) is 0 Å². The summed E-state index contributed by atoms with van der Waals surface area (Å²) in [5, 5.41) is 5.37. The van der Waals surface area contributed by atoms with Crippen LogP contribution in [0, 0.1) is 0 Å². The van der Waals surface area contributed by atoms with E-state index >= 15 is 0 Å². The highest BCUT2D eigenvalue weighted by molar-refractivity contribution is 6.35. The molecule has 1 aliphatic rings. The van der Waals surface area contributed by atoms with Crippen molar-refractivity contribution < 1.29 is 4.79 Å². The van der Waals surface area contributed by atoms with Crippen molar-refractivity contribution in [3.05, 3.63) is 88.5 Å². The minimum atomic E-state index is -0.00764. The monoisotopic (exact) mass is 420 g/mol. The molecule has 29 heavy (non-hydrogen) atoms. The fraction of sp³-hybridized carbons (Fsp3) is 0.125. The van der Waals surface area contributed by atoms with Crippen LogP contribution < -0.4 is 5.32 Å². The van der Waals surface area contributed by atoms with E-state index < -0.39 is 0 Å². The molecule has 1 N–H and O–H groups in total. The van der Waals surface area contributed by atoms with Crippen LogP contribution >= 0.6 is 23.2 Å². The summed E-state index contributed by atoms with van der Waals surface area (Å²) in [5.41, 5.74) is 4.65. The fourth-order valence-electron chi connectivity index (χ4n) is 3.53. The van der Waals surface area contributed by atoms with Crippen LogP contribution in [0.3, 0.4) is 0 Å². The molecule has 5 heteroatoms. The number of hydrogen-bond acceptors (Lipinski definition) is 1. The lowest BCUT2D eigenvalue weighted by Crippen LogP contribution is -2.25. The molecular formula is C24H18Cl2N2O. The van der Waals surface area contributed by atoms with Crippen molar-refractivity contribution in [2.24, 2.45) is 0 Å². The molecule has 0 unspecified atom stereocenters. The molecular weight excluding hydrogens is 403 g/mol. The SMILES string of the molecule is O=C(NC1CC1)c1cccc(-c2ccc3ccn(-c4ccc(Cl)cc4Cl)c3c2)c1. The van der Waals surface area contributed by atoms with Crippen LogP contribution in [0.15, 0.2) is 72.9 Å². The van der Waals surface area contributed by atoms with E-state index in [1.807, 2.05) is 42.6 Å². The van der Waals surface area contributed by atoms with Gasteiger partial charge in [-0.25, -0.2) is 0 Å². The standard InChI is InChI=1S/C24H18Cl2N2O/c25-19-6-9-22(21(26)14-19)28-11-10-15-4-5-17(13-23(15)28)16-2-1-3-18(12-16)24(29)27-20-7-8-20/h1-6,9-14,20H,7-8H2,(H,27,29). The molecule has 0 saturated heterocycles. The number of amides is 1. The number of halogens is 2. The molecule has 3 aromatic carbocycles. The molecule has 1 saturated carbocycles. The first-order valence-electron chi connectivity index (χ1n) is 9.56. The van der Waals surface area contributed by atoms with Gasteiger partial charge in [0.15, 0.2) is 0 Å². The molecule has 3 nitrogen and oxygen atoms in total. The average Bonchev–Trinajstić information content (AvgIpc) is 3.44. The van der Waals surface area contributed by atoms with Gasteiger partial charge in [0, 0.05) is 22.8 Å². The summed E-state index contributed by atoms with van der Waals surface area (Å²) in [6, 6.07) is 21.9. The first kappa shape index (κ1) is 18.3. The van der Waals surface area contributed by atoms with Gasteiger partial charge in [-0.15, -0.1) is 0 Å². The van der Waals surface area contributed by atoms with Crippen molar-refractivity contribution in [2.45, 2.75) is 18.9 Å². The Hall–Kier alpha value is -2.75. The normalized spacial score (nSPS) is 13.6. The van der Waals surface area contributed by atoms with E-state index in [0.717, 1.165) is 40.6 Å². The summed E-state index contributed by atoms with van der Waals surface area (Å²) in [6.45, 7) is 0. The van der Waals surface area contributed by atoms with Crippen molar-refractivity contribution in [3.63, 3.8) is 0 Å².